The van der Waals surface area contributed by atoms with E-state index in [-0.39, 0.29) is 0 Å². The van der Waals surface area contributed by atoms with Crippen LogP contribution in [0.25, 0.3) is 0 Å². The van der Waals surface area contributed by atoms with Crippen LogP contribution in [0.3, 0.4) is 0 Å². The Morgan fingerprint density at radius 2 is 2.21 bits per heavy atom. The van der Waals surface area contributed by atoms with Gasteiger partial charge in [0, 0.05) is 19.3 Å². The minimum Gasteiger partial charge on any atom is -0.385 e. The summed E-state index contributed by atoms with van der Waals surface area (Å²) in [5.74, 6) is 0. The third-order valence-electron chi connectivity index (χ3n) is 2.08. The average Bonchev–Trinajstić information content (AvgIpc) is 2.19. The molecule has 1 rings (SSSR count). The van der Waals surface area contributed by atoms with Crippen LogP contribution in [-0.2, 0) is 0 Å². The van der Waals surface area contributed by atoms with Gasteiger partial charge in [0.1, 0.15) is 0 Å². The van der Waals surface area contributed by atoms with E-state index in [0.717, 1.165) is 23.0 Å². The molecular weight excluding hydrogens is 176 g/mol. The summed E-state index contributed by atoms with van der Waals surface area (Å²) in [6, 6.07) is 7.72. The number of nitrogens with zero attached hydrogens (tertiary/aromatic N) is 1. The van der Waals surface area contributed by atoms with E-state index < -0.39 is 0 Å². The number of hydroxylamine groups is 1. The van der Waals surface area contributed by atoms with Crippen molar-refractivity contribution in [3.8, 4) is 0 Å². The molecule has 3 heteroatoms. The molecule has 0 aliphatic rings. The number of anilines is 2. The standard InChI is InChI=1S/C11H18N2O/c1-3-4-8-12-10-6-5-7-11(9-10)13(2)14/h5-7,9,12,14H,3-4,8H2,1-2H3. The molecule has 0 bridgehead atoms. The van der Waals surface area contributed by atoms with Crippen molar-refractivity contribution in [2.24, 2.45) is 0 Å². The molecule has 0 saturated carbocycles. The maximum atomic E-state index is 9.23. The summed E-state index contributed by atoms with van der Waals surface area (Å²) in [5.41, 5.74) is 1.85. The second-order valence-electron chi connectivity index (χ2n) is 3.35. The van der Waals surface area contributed by atoms with E-state index in [1.807, 2.05) is 24.3 Å². The SMILES string of the molecule is CCCCNc1cccc(N(C)O)c1. The molecular formula is C11H18N2O. The Kier molecular flexibility index (Phi) is 4.26. The van der Waals surface area contributed by atoms with Gasteiger partial charge in [-0.3, -0.25) is 10.3 Å². The fraction of sp³-hybridized carbons (Fsp3) is 0.455. The highest BCUT2D eigenvalue weighted by molar-refractivity contribution is 5.56. The van der Waals surface area contributed by atoms with E-state index in [1.165, 1.54) is 12.8 Å². The minimum absolute atomic E-state index is 0.798. The van der Waals surface area contributed by atoms with Crippen LogP contribution in [-0.4, -0.2) is 18.8 Å². The number of rotatable bonds is 5. The van der Waals surface area contributed by atoms with Crippen molar-refractivity contribution < 1.29 is 5.21 Å². The van der Waals surface area contributed by atoms with Crippen molar-refractivity contribution in [2.75, 3.05) is 24.0 Å². The molecule has 0 radical (unpaired) electrons. The topological polar surface area (TPSA) is 35.5 Å². The van der Waals surface area contributed by atoms with Crippen LogP contribution in [0.15, 0.2) is 24.3 Å². The van der Waals surface area contributed by atoms with Crippen LogP contribution in [0.4, 0.5) is 11.4 Å². The van der Waals surface area contributed by atoms with Crippen molar-refractivity contribution >= 4 is 11.4 Å². The molecule has 0 amide bonds. The monoisotopic (exact) mass is 194 g/mol. The molecule has 3 nitrogen and oxygen atoms in total. The molecule has 2 N–H and O–H groups in total. The second kappa shape index (κ2) is 5.50. The lowest BCUT2D eigenvalue weighted by Gasteiger charge is -2.12. The molecule has 0 fully saturated rings. The van der Waals surface area contributed by atoms with E-state index in [9.17, 15) is 5.21 Å². The molecule has 0 unspecified atom stereocenters. The molecule has 0 heterocycles. The summed E-state index contributed by atoms with van der Waals surface area (Å²) in [4.78, 5) is 0. The predicted molar refractivity (Wildman–Crippen MR) is 60.0 cm³/mol. The summed E-state index contributed by atoms with van der Waals surface area (Å²) >= 11 is 0. The van der Waals surface area contributed by atoms with Gasteiger partial charge >= 0.3 is 0 Å². The van der Waals surface area contributed by atoms with Gasteiger partial charge in [0.2, 0.25) is 0 Å². The van der Waals surface area contributed by atoms with Gasteiger partial charge in [-0.1, -0.05) is 19.4 Å². The van der Waals surface area contributed by atoms with Gasteiger partial charge in [-0.2, -0.15) is 0 Å². The average molecular weight is 194 g/mol. The van der Waals surface area contributed by atoms with Crippen LogP contribution in [0.5, 0.6) is 0 Å². The molecule has 0 saturated heterocycles. The van der Waals surface area contributed by atoms with Gasteiger partial charge < -0.3 is 5.32 Å². The van der Waals surface area contributed by atoms with Gasteiger partial charge in [0.15, 0.2) is 0 Å². The molecule has 0 spiro atoms. The van der Waals surface area contributed by atoms with Crippen LogP contribution >= 0.6 is 0 Å². The van der Waals surface area contributed by atoms with Gasteiger partial charge in [0.05, 0.1) is 5.69 Å². The zero-order chi connectivity index (χ0) is 10.4. The van der Waals surface area contributed by atoms with Crippen molar-refractivity contribution in [3.63, 3.8) is 0 Å². The van der Waals surface area contributed by atoms with E-state index in [4.69, 9.17) is 0 Å². The molecule has 14 heavy (non-hydrogen) atoms. The summed E-state index contributed by atoms with van der Waals surface area (Å²) in [6.45, 7) is 3.15. The van der Waals surface area contributed by atoms with Crippen molar-refractivity contribution in [1.29, 1.82) is 0 Å². The number of unbranched alkanes of at least 4 members (excludes halogenated alkanes) is 1. The van der Waals surface area contributed by atoms with E-state index in [0.29, 0.717) is 0 Å². The maximum Gasteiger partial charge on any atom is 0.0651 e. The van der Waals surface area contributed by atoms with E-state index in [2.05, 4.69) is 12.2 Å². The fourth-order valence-electron chi connectivity index (χ4n) is 1.23. The van der Waals surface area contributed by atoms with E-state index in [1.54, 1.807) is 7.05 Å². The summed E-state index contributed by atoms with van der Waals surface area (Å²) < 4.78 is 0. The quantitative estimate of drug-likeness (QED) is 0.559. The number of hydrogen-bond donors (Lipinski definition) is 2. The number of nitrogens with one attached hydrogen (secondary N) is 1. The second-order valence-corrected chi connectivity index (χ2v) is 3.35. The first-order valence-corrected chi connectivity index (χ1v) is 5.00. The Balaban J connectivity index is 2.55. The number of hydrogen-bond acceptors (Lipinski definition) is 3. The molecule has 0 aliphatic heterocycles. The fourth-order valence-corrected chi connectivity index (χ4v) is 1.23. The Morgan fingerprint density at radius 3 is 2.86 bits per heavy atom. The highest BCUT2D eigenvalue weighted by Gasteiger charge is 1.97. The predicted octanol–water partition coefficient (Wildman–Crippen LogP) is 2.72. The zero-order valence-electron chi connectivity index (χ0n) is 8.83. The first-order chi connectivity index (χ1) is 6.74. The lowest BCUT2D eigenvalue weighted by Crippen LogP contribution is -2.10. The molecule has 0 aromatic heterocycles. The van der Waals surface area contributed by atoms with Crippen LogP contribution in [0.2, 0.25) is 0 Å². The lowest BCUT2D eigenvalue weighted by molar-refractivity contribution is 0.279. The van der Waals surface area contributed by atoms with Crippen molar-refractivity contribution in [2.45, 2.75) is 19.8 Å². The van der Waals surface area contributed by atoms with Gasteiger partial charge in [-0.15, -0.1) is 0 Å². The zero-order valence-corrected chi connectivity index (χ0v) is 8.83. The van der Waals surface area contributed by atoms with E-state index >= 15 is 0 Å². The third-order valence-corrected chi connectivity index (χ3v) is 2.08. The minimum atomic E-state index is 0.798. The molecule has 78 valence electrons. The van der Waals surface area contributed by atoms with Crippen molar-refractivity contribution in [1.82, 2.24) is 0 Å². The Morgan fingerprint density at radius 1 is 1.43 bits per heavy atom. The lowest BCUT2D eigenvalue weighted by atomic mass is 10.2. The maximum absolute atomic E-state index is 9.23. The summed E-state index contributed by atoms with van der Waals surface area (Å²) in [7, 11) is 1.62. The summed E-state index contributed by atoms with van der Waals surface area (Å²) in [6.07, 6.45) is 2.35. The van der Waals surface area contributed by atoms with Gasteiger partial charge in [-0.25, -0.2) is 0 Å². The Bertz CT molecular complexity index is 274. The van der Waals surface area contributed by atoms with Gasteiger partial charge in [0.25, 0.3) is 0 Å². The Hall–Kier alpha value is -1.22. The highest BCUT2D eigenvalue weighted by Crippen LogP contribution is 2.16. The van der Waals surface area contributed by atoms with Crippen LogP contribution in [0.1, 0.15) is 19.8 Å². The molecule has 0 aliphatic carbocycles. The van der Waals surface area contributed by atoms with Crippen molar-refractivity contribution in [3.05, 3.63) is 24.3 Å². The van der Waals surface area contributed by atoms with Gasteiger partial charge in [-0.05, 0) is 24.6 Å². The Labute approximate surface area is 85.3 Å². The normalized spacial score (nSPS) is 9.93. The largest absolute Gasteiger partial charge is 0.385 e. The molecule has 1 aromatic carbocycles. The first kappa shape index (κ1) is 10.9. The van der Waals surface area contributed by atoms with Crippen LogP contribution in [0, 0.1) is 0 Å². The molecule has 0 atom stereocenters. The highest BCUT2D eigenvalue weighted by atomic mass is 16.5. The molecule has 1 aromatic rings. The van der Waals surface area contributed by atoms with Crippen LogP contribution < -0.4 is 10.4 Å². The smallest absolute Gasteiger partial charge is 0.0651 e. The first-order valence-electron chi connectivity index (χ1n) is 5.00. The summed E-state index contributed by atoms with van der Waals surface area (Å²) in [5, 5.41) is 13.6. The third kappa shape index (κ3) is 3.26. The number of benzene rings is 1.